The summed E-state index contributed by atoms with van der Waals surface area (Å²) in [6.45, 7) is 8.50. The minimum absolute atomic E-state index is 0.0431. The van der Waals surface area contributed by atoms with Crippen molar-refractivity contribution in [2.24, 2.45) is 17.6 Å². The predicted octanol–water partition coefficient (Wildman–Crippen LogP) is 1.73. The van der Waals surface area contributed by atoms with Gasteiger partial charge in [0.05, 0.1) is 29.7 Å². The fraction of sp³-hybridized carbons (Fsp3) is 0.548. The largest absolute Gasteiger partial charge is 0.439 e. The first kappa shape index (κ1) is 35.6. The molecule has 0 aromatic carbocycles. The van der Waals surface area contributed by atoms with Gasteiger partial charge in [-0.1, -0.05) is 38.2 Å². The zero-order chi connectivity index (χ0) is 32.4. The molecule has 2 aliphatic rings. The Balaban J connectivity index is 2.62. The molecule has 12 nitrogen and oxygen atoms in total. The fourth-order valence-electron chi connectivity index (χ4n) is 5.03. The van der Waals surface area contributed by atoms with E-state index in [0.717, 1.165) is 6.08 Å². The second kappa shape index (κ2) is 16.3. The third-order valence-corrected chi connectivity index (χ3v) is 7.37. The number of hydrogen-bond donors (Lipinski definition) is 5. The topological polar surface area (TPSA) is 187 Å². The maximum absolute atomic E-state index is 13.6. The van der Waals surface area contributed by atoms with Crippen molar-refractivity contribution in [2.45, 2.75) is 78.0 Å². The van der Waals surface area contributed by atoms with Crippen molar-refractivity contribution in [2.75, 3.05) is 20.8 Å². The highest BCUT2D eigenvalue weighted by atomic mass is 16.6. The summed E-state index contributed by atoms with van der Waals surface area (Å²) in [5.74, 6) is -2.35. The van der Waals surface area contributed by atoms with Crippen LogP contribution in [0.25, 0.3) is 0 Å². The summed E-state index contributed by atoms with van der Waals surface area (Å²) in [4.78, 5) is 51.4. The van der Waals surface area contributed by atoms with Crippen molar-refractivity contribution in [3.8, 4) is 0 Å². The van der Waals surface area contributed by atoms with E-state index in [0.29, 0.717) is 12.0 Å². The molecule has 0 spiro atoms. The lowest BCUT2D eigenvalue weighted by atomic mass is 9.85. The summed E-state index contributed by atoms with van der Waals surface area (Å²) in [5.41, 5.74) is 6.19. The first-order valence-electron chi connectivity index (χ1n) is 14.2. The van der Waals surface area contributed by atoms with Crippen LogP contribution < -0.4 is 16.4 Å². The zero-order valence-electron chi connectivity index (χ0n) is 25.9. The lowest BCUT2D eigenvalue weighted by molar-refractivity contribution is -0.120. The highest BCUT2D eigenvalue weighted by Gasteiger charge is 2.33. The van der Waals surface area contributed by atoms with Crippen LogP contribution in [0.4, 0.5) is 4.79 Å². The number of primary amides is 1. The quantitative estimate of drug-likeness (QED) is 0.221. The van der Waals surface area contributed by atoms with Gasteiger partial charge in [-0.05, 0) is 45.1 Å². The molecule has 238 valence electrons. The smallest absolute Gasteiger partial charge is 0.405 e. The van der Waals surface area contributed by atoms with Crippen LogP contribution in [0.1, 0.15) is 47.5 Å². The molecule has 2 bridgehead atoms. The minimum atomic E-state index is -1.01. The molecule has 0 saturated carbocycles. The van der Waals surface area contributed by atoms with Crippen molar-refractivity contribution < 1.29 is 43.6 Å². The summed E-state index contributed by atoms with van der Waals surface area (Å²) in [6.07, 6.45) is 2.72. The molecule has 1 aliphatic carbocycles. The Morgan fingerprint density at radius 2 is 1.86 bits per heavy atom. The number of carbonyl (C=O) groups is 4. The second-order valence-electron chi connectivity index (χ2n) is 11.2. The maximum Gasteiger partial charge on any atom is 0.405 e. The van der Waals surface area contributed by atoms with Gasteiger partial charge < -0.3 is 40.8 Å². The third-order valence-electron chi connectivity index (χ3n) is 7.37. The van der Waals surface area contributed by atoms with Crippen molar-refractivity contribution in [1.29, 1.82) is 0 Å². The van der Waals surface area contributed by atoms with E-state index in [-0.39, 0.29) is 41.4 Å². The van der Waals surface area contributed by atoms with Crippen LogP contribution >= 0.6 is 0 Å². The summed E-state index contributed by atoms with van der Waals surface area (Å²) >= 11 is 0. The lowest BCUT2D eigenvalue weighted by Crippen LogP contribution is -2.38. The molecular weight excluding hydrogens is 558 g/mol. The van der Waals surface area contributed by atoms with Gasteiger partial charge in [0, 0.05) is 43.9 Å². The number of methoxy groups -OCH3 is 2. The van der Waals surface area contributed by atoms with Crippen LogP contribution in [-0.4, -0.2) is 85.1 Å². The first-order valence-corrected chi connectivity index (χ1v) is 14.2. The van der Waals surface area contributed by atoms with Gasteiger partial charge in [0.25, 0.3) is 5.91 Å². The number of Topliss-reactive ketones (excluding diaryl/α,β-unsaturated/α-hetero) is 1. The van der Waals surface area contributed by atoms with Crippen molar-refractivity contribution in [1.82, 2.24) is 10.6 Å². The number of allylic oxidation sites excluding steroid dienone is 4. The van der Waals surface area contributed by atoms with Gasteiger partial charge in [-0.2, -0.15) is 0 Å². The normalized spacial score (nSPS) is 32.0. The molecule has 43 heavy (non-hydrogen) atoms. The molecule has 2 rings (SSSR count). The van der Waals surface area contributed by atoms with Gasteiger partial charge in [0.2, 0.25) is 11.6 Å². The lowest BCUT2D eigenvalue weighted by Gasteiger charge is -2.30. The van der Waals surface area contributed by atoms with Gasteiger partial charge in [0.1, 0.15) is 6.10 Å². The van der Waals surface area contributed by atoms with Gasteiger partial charge in [0.15, 0.2) is 6.10 Å². The van der Waals surface area contributed by atoms with Crippen LogP contribution in [0.5, 0.6) is 0 Å². The van der Waals surface area contributed by atoms with Crippen LogP contribution in [-0.2, 0) is 28.6 Å². The Morgan fingerprint density at radius 3 is 2.44 bits per heavy atom. The standard InChI is InChI=1S/C31H45N3O9/c1-16-11-21-26(33-15-20(5)35)23(36)14-22(28(21)38)34-30(39)17(2)9-8-10-24(41-6)29(43-31(32)40)19(4)13-18(3)27(37)25(12-16)42-7/h8-10,13-14,16,18,20,24-25,27,29,33,35,37H,11-12,15H2,1-7H3,(H2,32,40)(H,34,39)/b10-8-,17-9-,19-13-/t16-,18+,20?,24+,25+,27-,29+/m1/s1. The van der Waals surface area contributed by atoms with Gasteiger partial charge in [-0.3, -0.25) is 14.4 Å². The first-order chi connectivity index (χ1) is 20.2. The van der Waals surface area contributed by atoms with E-state index < -0.39 is 60.0 Å². The number of carbonyl (C=O) groups excluding carboxylic acids is 4. The highest BCUT2D eigenvalue weighted by molar-refractivity contribution is 6.23. The number of nitrogens with one attached hydrogen (secondary N) is 2. The predicted molar refractivity (Wildman–Crippen MR) is 159 cm³/mol. The van der Waals surface area contributed by atoms with E-state index >= 15 is 0 Å². The van der Waals surface area contributed by atoms with Crippen molar-refractivity contribution in [3.05, 3.63) is 58.5 Å². The Bertz CT molecular complexity index is 1210. The number of hydrogen-bond acceptors (Lipinski definition) is 10. The molecule has 0 aromatic heterocycles. The zero-order valence-corrected chi connectivity index (χ0v) is 25.9. The molecule has 1 unspecified atom stereocenters. The second-order valence-corrected chi connectivity index (χ2v) is 11.2. The number of fused-ring (bicyclic) bond motifs is 2. The van der Waals surface area contributed by atoms with Gasteiger partial charge >= 0.3 is 6.09 Å². The summed E-state index contributed by atoms with van der Waals surface area (Å²) in [5, 5.41) is 26.4. The summed E-state index contributed by atoms with van der Waals surface area (Å²) < 4.78 is 16.5. The van der Waals surface area contributed by atoms with E-state index in [9.17, 15) is 29.4 Å². The van der Waals surface area contributed by atoms with Crippen molar-refractivity contribution in [3.63, 3.8) is 0 Å². The molecule has 1 heterocycles. The van der Waals surface area contributed by atoms with Crippen LogP contribution in [0.15, 0.2) is 58.5 Å². The maximum atomic E-state index is 13.6. The van der Waals surface area contributed by atoms with E-state index in [1.807, 2.05) is 6.92 Å². The number of rotatable bonds is 6. The van der Waals surface area contributed by atoms with Gasteiger partial charge in [-0.15, -0.1) is 0 Å². The molecule has 7 atom stereocenters. The number of ether oxygens (including phenoxy) is 3. The van der Waals surface area contributed by atoms with Crippen molar-refractivity contribution >= 4 is 23.6 Å². The Hall–Kier alpha value is -3.58. The van der Waals surface area contributed by atoms with E-state index in [1.165, 1.54) is 33.3 Å². The Labute approximate surface area is 252 Å². The third kappa shape index (κ3) is 9.99. The molecule has 0 aromatic rings. The SMILES string of the molecule is CO[C@H]1/C=C\C=C(\C)C(=O)NC2=CC(=O)C(NCC(C)O)=C(C[C@@H](C)C[C@H](OC)[C@H](O)[C@@H](C)/C=C(/C)[C@@H]1OC(N)=O)C2=O. The number of ketones is 2. The summed E-state index contributed by atoms with van der Waals surface area (Å²) in [6, 6.07) is 0. The molecule has 0 radical (unpaired) electrons. The molecule has 12 heteroatoms. The Kier molecular flexibility index (Phi) is 13.5. The molecule has 6 N–H and O–H groups in total. The number of aliphatic hydroxyl groups excluding tert-OH is 2. The monoisotopic (exact) mass is 603 g/mol. The minimum Gasteiger partial charge on any atom is -0.439 e. The fourth-order valence-corrected chi connectivity index (χ4v) is 5.03. The van der Waals surface area contributed by atoms with E-state index in [4.69, 9.17) is 19.9 Å². The molecule has 1 aliphatic heterocycles. The Morgan fingerprint density at radius 1 is 1.19 bits per heavy atom. The number of amides is 2. The van der Waals surface area contributed by atoms with Crippen LogP contribution in [0, 0.1) is 11.8 Å². The van der Waals surface area contributed by atoms with E-state index in [2.05, 4.69) is 10.6 Å². The highest BCUT2D eigenvalue weighted by Crippen LogP contribution is 2.28. The van der Waals surface area contributed by atoms with Gasteiger partial charge in [-0.25, -0.2) is 4.79 Å². The number of aliphatic hydroxyl groups is 2. The average molecular weight is 604 g/mol. The summed E-state index contributed by atoms with van der Waals surface area (Å²) in [7, 11) is 2.90. The molecule has 0 fully saturated rings. The van der Waals surface area contributed by atoms with E-state index in [1.54, 1.807) is 32.9 Å². The number of nitrogens with two attached hydrogens (primary N) is 1. The van der Waals surface area contributed by atoms with Crippen LogP contribution in [0.3, 0.4) is 0 Å². The molecule has 0 saturated heterocycles. The average Bonchev–Trinajstić information content (AvgIpc) is 2.93. The molecular formula is C31H45N3O9. The molecule has 2 amide bonds. The van der Waals surface area contributed by atoms with Crippen LogP contribution in [0.2, 0.25) is 0 Å².